The molecule has 0 unspecified atom stereocenters. The van der Waals surface area contributed by atoms with Crippen LogP contribution in [0, 0.1) is 0 Å². The summed E-state index contributed by atoms with van der Waals surface area (Å²) in [6.45, 7) is 0. The fourth-order valence-electron chi connectivity index (χ4n) is 3.10. The van der Waals surface area contributed by atoms with Crippen molar-refractivity contribution in [3.8, 4) is 0 Å². The average Bonchev–Trinajstić information content (AvgIpc) is 3.03. The summed E-state index contributed by atoms with van der Waals surface area (Å²) in [5.74, 6) is 0.814. The zero-order valence-electron chi connectivity index (χ0n) is 12.8. The normalized spacial score (nSPS) is 11.3. The van der Waals surface area contributed by atoms with Crippen LogP contribution in [0.5, 0.6) is 0 Å². The van der Waals surface area contributed by atoms with E-state index in [1.807, 2.05) is 72.9 Å². The van der Waals surface area contributed by atoms with Crippen molar-refractivity contribution in [2.45, 2.75) is 0 Å². The van der Waals surface area contributed by atoms with Crippen LogP contribution >= 0.6 is 0 Å². The lowest BCUT2D eigenvalue weighted by molar-refractivity contribution is 1.22. The van der Waals surface area contributed by atoms with E-state index in [1.54, 1.807) is 0 Å². The number of imidazole rings is 1. The first-order chi connectivity index (χ1) is 11.9. The van der Waals surface area contributed by atoms with Crippen molar-refractivity contribution >= 4 is 39.1 Å². The fourth-order valence-corrected chi connectivity index (χ4v) is 3.10. The summed E-state index contributed by atoms with van der Waals surface area (Å²) in [5.41, 5.74) is 4.82. The van der Waals surface area contributed by atoms with Crippen LogP contribution in [0.3, 0.4) is 0 Å². The summed E-state index contributed by atoms with van der Waals surface area (Å²) < 4.78 is 2.08. The molecule has 3 heterocycles. The molecule has 0 atom stereocenters. The molecule has 4 nitrogen and oxygen atoms in total. The van der Waals surface area contributed by atoms with E-state index in [0.29, 0.717) is 0 Å². The Labute approximate surface area is 138 Å². The molecule has 0 aliphatic rings. The molecular formula is C20H14N4. The maximum absolute atomic E-state index is 4.85. The number of anilines is 2. The Morgan fingerprint density at radius 3 is 2.46 bits per heavy atom. The Kier molecular flexibility index (Phi) is 2.76. The van der Waals surface area contributed by atoms with Gasteiger partial charge in [0.25, 0.3) is 0 Å². The highest BCUT2D eigenvalue weighted by Gasteiger charge is 2.14. The van der Waals surface area contributed by atoms with Crippen LogP contribution in [0.1, 0.15) is 0 Å². The number of hydrogen-bond donors (Lipinski definition) is 1. The van der Waals surface area contributed by atoms with E-state index in [0.717, 1.165) is 39.1 Å². The van der Waals surface area contributed by atoms with Gasteiger partial charge in [-0.3, -0.25) is 4.40 Å². The molecule has 0 bridgehead atoms. The lowest BCUT2D eigenvalue weighted by Gasteiger charge is -2.09. The van der Waals surface area contributed by atoms with E-state index in [1.165, 1.54) is 0 Å². The molecule has 0 saturated heterocycles. The highest BCUT2D eigenvalue weighted by atomic mass is 15.1. The third-order valence-corrected chi connectivity index (χ3v) is 4.18. The monoisotopic (exact) mass is 310 g/mol. The molecule has 1 N–H and O–H groups in total. The highest BCUT2D eigenvalue weighted by Crippen LogP contribution is 2.31. The van der Waals surface area contributed by atoms with E-state index >= 15 is 0 Å². The van der Waals surface area contributed by atoms with Gasteiger partial charge in [-0.15, -0.1) is 0 Å². The summed E-state index contributed by atoms with van der Waals surface area (Å²) in [5, 5.41) is 4.51. The zero-order chi connectivity index (χ0) is 15.9. The van der Waals surface area contributed by atoms with E-state index in [9.17, 15) is 0 Å². The average molecular weight is 310 g/mol. The van der Waals surface area contributed by atoms with Crippen LogP contribution in [-0.2, 0) is 0 Å². The molecule has 0 aliphatic carbocycles. The van der Waals surface area contributed by atoms with Crippen LogP contribution in [0.15, 0.2) is 79.0 Å². The molecule has 3 aromatic heterocycles. The molecule has 24 heavy (non-hydrogen) atoms. The Morgan fingerprint density at radius 1 is 0.750 bits per heavy atom. The summed E-state index contributed by atoms with van der Waals surface area (Å²) in [4.78, 5) is 9.68. The molecule has 5 rings (SSSR count). The fraction of sp³-hybridized carbons (Fsp3) is 0. The summed E-state index contributed by atoms with van der Waals surface area (Å²) in [6.07, 6.45) is 2.03. The number of pyridine rings is 2. The Hall–Kier alpha value is -3.40. The molecule has 0 fully saturated rings. The molecule has 114 valence electrons. The van der Waals surface area contributed by atoms with Gasteiger partial charge in [-0.05, 0) is 30.3 Å². The molecular weight excluding hydrogens is 296 g/mol. The predicted octanol–water partition coefficient (Wildman–Crippen LogP) is 4.78. The van der Waals surface area contributed by atoms with Crippen LogP contribution in [-0.4, -0.2) is 14.4 Å². The van der Waals surface area contributed by atoms with Crippen molar-refractivity contribution in [2.75, 3.05) is 5.32 Å². The third-order valence-electron chi connectivity index (χ3n) is 4.18. The van der Waals surface area contributed by atoms with E-state index in [2.05, 4.69) is 15.8 Å². The predicted molar refractivity (Wildman–Crippen MR) is 97.7 cm³/mol. The molecule has 0 spiro atoms. The van der Waals surface area contributed by atoms with Crippen molar-refractivity contribution in [2.24, 2.45) is 0 Å². The van der Waals surface area contributed by atoms with Gasteiger partial charge in [0.2, 0.25) is 0 Å². The van der Waals surface area contributed by atoms with Crippen molar-refractivity contribution in [3.63, 3.8) is 0 Å². The first-order valence-corrected chi connectivity index (χ1v) is 7.88. The Balaban J connectivity index is 1.89. The lowest BCUT2D eigenvalue weighted by Crippen LogP contribution is -1.97. The van der Waals surface area contributed by atoms with Gasteiger partial charge in [-0.1, -0.05) is 42.5 Å². The second-order valence-corrected chi connectivity index (χ2v) is 5.71. The Bertz CT molecular complexity index is 1180. The van der Waals surface area contributed by atoms with Crippen LogP contribution in [0.2, 0.25) is 0 Å². The highest BCUT2D eigenvalue weighted by molar-refractivity contribution is 6.08. The van der Waals surface area contributed by atoms with Crippen LogP contribution in [0.4, 0.5) is 11.5 Å². The Morgan fingerprint density at radius 2 is 1.54 bits per heavy atom. The van der Waals surface area contributed by atoms with E-state index in [-0.39, 0.29) is 0 Å². The van der Waals surface area contributed by atoms with Crippen molar-refractivity contribution < 1.29 is 0 Å². The quantitative estimate of drug-likeness (QED) is 0.510. The first kappa shape index (κ1) is 13.1. The van der Waals surface area contributed by atoms with Gasteiger partial charge in [0, 0.05) is 17.3 Å². The number of aromatic nitrogens is 3. The second-order valence-electron chi connectivity index (χ2n) is 5.71. The SMILES string of the molecule is c1ccc(Nc2nc3ccccc3c3nc4ccccn4c23)cc1. The molecule has 0 aliphatic heterocycles. The summed E-state index contributed by atoms with van der Waals surface area (Å²) in [6, 6.07) is 24.2. The van der Waals surface area contributed by atoms with Gasteiger partial charge in [0.15, 0.2) is 5.82 Å². The zero-order valence-corrected chi connectivity index (χ0v) is 12.8. The van der Waals surface area contributed by atoms with Crippen LogP contribution < -0.4 is 5.32 Å². The van der Waals surface area contributed by atoms with Gasteiger partial charge < -0.3 is 5.32 Å². The second kappa shape index (κ2) is 5.06. The maximum Gasteiger partial charge on any atom is 0.157 e. The number of fused-ring (bicyclic) bond motifs is 5. The van der Waals surface area contributed by atoms with Crippen LogP contribution in [0.25, 0.3) is 27.6 Å². The number of rotatable bonds is 2. The minimum Gasteiger partial charge on any atom is -0.338 e. The van der Waals surface area contributed by atoms with Gasteiger partial charge in [-0.2, -0.15) is 0 Å². The number of hydrogen-bond acceptors (Lipinski definition) is 3. The van der Waals surface area contributed by atoms with E-state index < -0.39 is 0 Å². The van der Waals surface area contributed by atoms with Gasteiger partial charge in [0.1, 0.15) is 16.7 Å². The molecule has 0 saturated carbocycles. The topological polar surface area (TPSA) is 42.2 Å². The van der Waals surface area contributed by atoms with E-state index in [4.69, 9.17) is 9.97 Å². The summed E-state index contributed by atoms with van der Waals surface area (Å²) in [7, 11) is 0. The summed E-state index contributed by atoms with van der Waals surface area (Å²) >= 11 is 0. The van der Waals surface area contributed by atoms with Gasteiger partial charge >= 0.3 is 0 Å². The smallest absolute Gasteiger partial charge is 0.157 e. The van der Waals surface area contributed by atoms with Gasteiger partial charge in [0.05, 0.1) is 5.52 Å². The van der Waals surface area contributed by atoms with Crippen molar-refractivity contribution in [1.82, 2.24) is 14.4 Å². The molecule has 2 aromatic carbocycles. The molecule has 4 heteroatoms. The molecule has 0 radical (unpaired) electrons. The van der Waals surface area contributed by atoms with Gasteiger partial charge in [-0.25, -0.2) is 9.97 Å². The molecule has 5 aromatic rings. The largest absolute Gasteiger partial charge is 0.338 e. The molecule has 0 amide bonds. The standard InChI is InChI=1S/C20H14N4/c1-2-8-14(9-3-1)21-20-19-18(15-10-4-5-11-16(15)22-20)23-17-12-6-7-13-24(17)19/h1-13H,(H,21,22). The number of nitrogens with zero attached hydrogens (tertiary/aromatic N) is 3. The first-order valence-electron chi connectivity index (χ1n) is 7.88. The number of nitrogens with one attached hydrogen (secondary N) is 1. The van der Waals surface area contributed by atoms with Crippen molar-refractivity contribution in [1.29, 1.82) is 0 Å². The lowest BCUT2D eigenvalue weighted by atomic mass is 10.2. The minimum atomic E-state index is 0.814. The minimum absolute atomic E-state index is 0.814. The third kappa shape index (κ3) is 1.93. The van der Waals surface area contributed by atoms with Crippen molar-refractivity contribution in [3.05, 3.63) is 79.0 Å². The number of benzene rings is 2. The number of para-hydroxylation sites is 2. The maximum atomic E-state index is 4.85.